The average molecular weight is 234 g/mol. The predicted octanol–water partition coefficient (Wildman–Crippen LogP) is 1.76. The average Bonchev–Trinajstić information content (AvgIpc) is 2.33. The number of piperidine rings is 1. The minimum Gasteiger partial charge on any atom is -0.489 e. The molecule has 0 aromatic carbocycles. The van der Waals surface area contributed by atoms with Crippen molar-refractivity contribution in [2.75, 3.05) is 20.1 Å². The largest absolute Gasteiger partial charge is 0.489 e. The molecule has 1 aromatic rings. The van der Waals surface area contributed by atoms with Gasteiger partial charge in [-0.1, -0.05) is 0 Å². The SMILES string of the molecule is CC(=O)c1ccc(OC2CCN(C)CC2)cn1. The van der Waals surface area contributed by atoms with Crippen molar-refractivity contribution in [3.8, 4) is 5.75 Å². The molecule has 0 atom stereocenters. The summed E-state index contributed by atoms with van der Waals surface area (Å²) in [4.78, 5) is 17.5. The van der Waals surface area contributed by atoms with Crippen LogP contribution in [0.25, 0.3) is 0 Å². The molecule has 1 saturated heterocycles. The van der Waals surface area contributed by atoms with E-state index in [1.165, 1.54) is 6.92 Å². The van der Waals surface area contributed by atoms with Gasteiger partial charge in [0, 0.05) is 20.0 Å². The van der Waals surface area contributed by atoms with Gasteiger partial charge in [-0.15, -0.1) is 0 Å². The molecule has 92 valence electrons. The molecule has 4 heteroatoms. The first-order valence-electron chi connectivity index (χ1n) is 5.97. The Morgan fingerprint density at radius 3 is 2.65 bits per heavy atom. The summed E-state index contributed by atoms with van der Waals surface area (Å²) in [6.45, 7) is 3.66. The van der Waals surface area contributed by atoms with Crippen molar-refractivity contribution >= 4 is 5.78 Å². The maximum atomic E-state index is 11.1. The highest BCUT2D eigenvalue weighted by molar-refractivity contribution is 5.92. The second kappa shape index (κ2) is 5.27. The first kappa shape index (κ1) is 12.0. The number of hydrogen-bond acceptors (Lipinski definition) is 4. The zero-order valence-electron chi connectivity index (χ0n) is 10.3. The maximum Gasteiger partial charge on any atom is 0.178 e. The number of aromatic nitrogens is 1. The van der Waals surface area contributed by atoms with Crippen LogP contribution in [0.5, 0.6) is 5.75 Å². The van der Waals surface area contributed by atoms with Gasteiger partial charge in [0.15, 0.2) is 5.78 Å². The van der Waals surface area contributed by atoms with Gasteiger partial charge in [0.25, 0.3) is 0 Å². The van der Waals surface area contributed by atoms with E-state index in [4.69, 9.17) is 4.74 Å². The lowest BCUT2D eigenvalue weighted by atomic mass is 10.1. The third-order valence-corrected chi connectivity index (χ3v) is 3.07. The molecular formula is C13H18N2O2. The number of ether oxygens (including phenoxy) is 1. The van der Waals surface area contributed by atoms with E-state index < -0.39 is 0 Å². The van der Waals surface area contributed by atoms with E-state index in [0.717, 1.165) is 31.7 Å². The lowest BCUT2D eigenvalue weighted by Crippen LogP contribution is -2.35. The molecule has 0 amide bonds. The minimum absolute atomic E-state index is 0.0177. The third kappa shape index (κ3) is 3.27. The normalized spacial score (nSPS) is 18.0. The molecule has 0 bridgehead atoms. The Labute approximate surface area is 102 Å². The van der Waals surface area contributed by atoms with E-state index in [1.807, 2.05) is 6.07 Å². The summed E-state index contributed by atoms with van der Waals surface area (Å²) >= 11 is 0. The number of ketones is 1. The van der Waals surface area contributed by atoms with Crippen molar-refractivity contribution in [2.24, 2.45) is 0 Å². The van der Waals surface area contributed by atoms with Crippen molar-refractivity contribution in [3.63, 3.8) is 0 Å². The second-order valence-electron chi connectivity index (χ2n) is 4.56. The number of likely N-dealkylation sites (tertiary alicyclic amines) is 1. The Hall–Kier alpha value is -1.42. The quantitative estimate of drug-likeness (QED) is 0.747. The van der Waals surface area contributed by atoms with Crippen LogP contribution in [0.15, 0.2) is 18.3 Å². The summed E-state index contributed by atoms with van der Waals surface area (Å²) in [5.74, 6) is 0.736. The minimum atomic E-state index is -0.0177. The molecule has 0 saturated carbocycles. The van der Waals surface area contributed by atoms with Gasteiger partial charge in [0.05, 0.1) is 6.20 Å². The van der Waals surface area contributed by atoms with Gasteiger partial charge in [-0.3, -0.25) is 4.79 Å². The fourth-order valence-corrected chi connectivity index (χ4v) is 1.95. The predicted molar refractivity (Wildman–Crippen MR) is 65.4 cm³/mol. The van der Waals surface area contributed by atoms with E-state index in [2.05, 4.69) is 16.9 Å². The fourth-order valence-electron chi connectivity index (χ4n) is 1.95. The van der Waals surface area contributed by atoms with Crippen molar-refractivity contribution in [1.29, 1.82) is 0 Å². The van der Waals surface area contributed by atoms with Crippen LogP contribution < -0.4 is 4.74 Å². The molecule has 1 aliphatic rings. The summed E-state index contributed by atoms with van der Waals surface area (Å²) in [5, 5.41) is 0. The van der Waals surface area contributed by atoms with Crippen LogP contribution in [0.4, 0.5) is 0 Å². The molecule has 0 N–H and O–H groups in total. The van der Waals surface area contributed by atoms with Gasteiger partial charge in [0.1, 0.15) is 17.5 Å². The number of nitrogens with zero attached hydrogens (tertiary/aromatic N) is 2. The molecule has 0 radical (unpaired) electrons. The first-order chi connectivity index (χ1) is 8.15. The second-order valence-corrected chi connectivity index (χ2v) is 4.56. The molecule has 2 rings (SSSR count). The Balaban J connectivity index is 1.92. The van der Waals surface area contributed by atoms with E-state index in [-0.39, 0.29) is 11.9 Å². The Morgan fingerprint density at radius 2 is 2.12 bits per heavy atom. The van der Waals surface area contributed by atoms with Crippen LogP contribution in [0.2, 0.25) is 0 Å². The molecule has 4 nitrogen and oxygen atoms in total. The standard InChI is InChI=1S/C13H18N2O2/c1-10(16)13-4-3-12(9-14-13)17-11-5-7-15(2)8-6-11/h3-4,9,11H,5-8H2,1-2H3. The van der Waals surface area contributed by atoms with E-state index in [9.17, 15) is 4.79 Å². The molecular weight excluding hydrogens is 216 g/mol. The third-order valence-electron chi connectivity index (χ3n) is 3.07. The topological polar surface area (TPSA) is 42.4 Å². The highest BCUT2D eigenvalue weighted by Gasteiger charge is 2.18. The lowest BCUT2D eigenvalue weighted by Gasteiger charge is -2.29. The number of carbonyl (C=O) groups excluding carboxylic acids is 1. The Morgan fingerprint density at radius 1 is 1.41 bits per heavy atom. The van der Waals surface area contributed by atoms with Crippen LogP contribution in [0, 0.1) is 0 Å². The lowest BCUT2D eigenvalue weighted by molar-refractivity contribution is 0.101. The highest BCUT2D eigenvalue weighted by atomic mass is 16.5. The van der Waals surface area contributed by atoms with E-state index >= 15 is 0 Å². The van der Waals surface area contributed by atoms with Crippen LogP contribution in [0.3, 0.4) is 0 Å². The zero-order valence-corrected chi connectivity index (χ0v) is 10.3. The smallest absolute Gasteiger partial charge is 0.178 e. The van der Waals surface area contributed by atoms with Crippen molar-refractivity contribution in [3.05, 3.63) is 24.0 Å². The zero-order chi connectivity index (χ0) is 12.3. The van der Waals surface area contributed by atoms with E-state index in [0.29, 0.717) is 5.69 Å². The molecule has 17 heavy (non-hydrogen) atoms. The molecule has 1 fully saturated rings. The van der Waals surface area contributed by atoms with Crippen LogP contribution in [-0.4, -0.2) is 41.9 Å². The summed E-state index contributed by atoms with van der Waals surface area (Å²) < 4.78 is 5.84. The number of pyridine rings is 1. The monoisotopic (exact) mass is 234 g/mol. The van der Waals surface area contributed by atoms with Gasteiger partial charge in [0.2, 0.25) is 0 Å². The van der Waals surface area contributed by atoms with E-state index in [1.54, 1.807) is 12.3 Å². The molecule has 0 spiro atoms. The highest BCUT2D eigenvalue weighted by Crippen LogP contribution is 2.17. The molecule has 1 aromatic heterocycles. The number of hydrogen-bond donors (Lipinski definition) is 0. The summed E-state index contributed by atoms with van der Waals surface area (Å²) in [5.41, 5.74) is 0.487. The number of carbonyl (C=O) groups is 1. The van der Waals surface area contributed by atoms with Crippen molar-refractivity contribution < 1.29 is 9.53 Å². The maximum absolute atomic E-state index is 11.1. The molecule has 0 unspecified atom stereocenters. The molecule has 2 heterocycles. The van der Waals surface area contributed by atoms with Crippen LogP contribution in [-0.2, 0) is 0 Å². The number of rotatable bonds is 3. The number of Topliss-reactive ketones (excluding diaryl/α,β-unsaturated/α-hetero) is 1. The Kier molecular flexibility index (Phi) is 3.74. The van der Waals surface area contributed by atoms with Gasteiger partial charge in [-0.25, -0.2) is 4.98 Å². The Bertz CT molecular complexity index is 381. The van der Waals surface area contributed by atoms with Crippen molar-refractivity contribution in [2.45, 2.75) is 25.9 Å². The summed E-state index contributed by atoms with van der Waals surface area (Å²) in [6.07, 6.45) is 4.00. The van der Waals surface area contributed by atoms with Crippen molar-refractivity contribution in [1.82, 2.24) is 9.88 Å². The van der Waals surface area contributed by atoms with Gasteiger partial charge in [-0.2, -0.15) is 0 Å². The molecule has 0 aliphatic carbocycles. The first-order valence-corrected chi connectivity index (χ1v) is 5.97. The summed E-state index contributed by atoms with van der Waals surface area (Å²) in [6, 6.07) is 3.54. The van der Waals surface area contributed by atoms with Crippen LogP contribution >= 0.6 is 0 Å². The fraction of sp³-hybridized carbons (Fsp3) is 0.538. The molecule has 1 aliphatic heterocycles. The van der Waals surface area contributed by atoms with Gasteiger partial charge < -0.3 is 9.64 Å². The van der Waals surface area contributed by atoms with Gasteiger partial charge >= 0.3 is 0 Å². The van der Waals surface area contributed by atoms with Crippen LogP contribution in [0.1, 0.15) is 30.3 Å². The summed E-state index contributed by atoms with van der Waals surface area (Å²) in [7, 11) is 2.12. The van der Waals surface area contributed by atoms with Gasteiger partial charge in [-0.05, 0) is 32.0 Å².